The molecule has 12 heteroatoms. The maximum absolute atomic E-state index is 13.1. The van der Waals surface area contributed by atoms with Crippen molar-refractivity contribution in [3.8, 4) is 5.75 Å². The molecule has 0 unspecified atom stereocenters. The van der Waals surface area contributed by atoms with E-state index in [2.05, 4.69) is 10.3 Å². The molecular formula is C17H15F5N2O5. The van der Waals surface area contributed by atoms with Crippen molar-refractivity contribution in [3.63, 3.8) is 0 Å². The molecule has 0 radical (unpaired) electrons. The Hall–Kier alpha value is -2.96. The van der Waals surface area contributed by atoms with Gasteiger partial charge in [-0.3, -0.25) is 4.79 Å². The minimum absolute atomic E-state index is 0.171. The lowest BCUT2D eigenvalue weighted by molar-refractivity contribution is -0.216. The third-order valence-electron chi connectivity index (χ3n) is 3.64. The first-order valence-electron chi connectivity index (χ1n) is 7.83. The molecule has 0 bridgehead atoms. The Morgan fingerprint density at radius 2 is 1.79 bits per heavy atom. The summed E-state index contributed by atoms with van der Waals surface area (Å²) in [6, 6.07) is 5.03. The smallest absolute Gasteiger partial charge is 0.418 e. The largest absolute Gasteiger partial charge is 0.490 e. The number of amides is 1. The Morgan fingerprint density at radius 3 is 2.38 bits per heavy atom. The molecular weight excluding hydrogens is 407 g/mol. The molecule has 1 amide bonds. The number of halogens is 5. The van der Waals surface area contributed by atoms with Crippen LogP contribution < -0.4 is 15.5 Å². The van der Waals surface area contributed by atoms with E-state index in [0.717, 1.165) is 31.2 Å². The normalized spacial score (nSPS) is 13.5. The summed E-state index contributed by atoms with van der Waals surface area (Å²) in [6.07, 6.45) is -4.85. The number of carbonyl (C=O) groups is 1. The number of rotatable bonds is 7. The third kappa shape index (κ3) is 5.76. The second-order valence-corrected chi connectivity index (χ2v) is 6.04. The van der Waals surface area contributed by atoms with Gasteiger partial charge in [-0.15, -0.1) is 4.99 Å². The van der Waals surface area contributed by atoms with Gasteiger partial charge in [0.1, 0.15) is 12.4 Å². The van der Waals surface area contributed by atoms with Crippen molar-refractivity contribution in [3.05, 3.63) is 53.6 Å². The molecule has 7 nitrogen and oxygen atoms in total. The van der Waals surface area contributed by atoms with Crippen LogP contribution in [0.2, 0.25) is 0 Å². The molecule has 0 aromatic heterocycles. The molecule has 0 aliphatic carbocycles. The van der Waals surface area contributed by atoms with Crippen LogP contribution in [0.15, 0.2) is 36.4 Å². The van der Waals surface area contributed by atoms with Gasteiger partial charge < -0.3 is 15.2 Å². The van der Waals surface area contributed by atoms with Crippen LogP contribution in [0.5, 0.6) is 5.75 Å². The molecule has 0 fully saturated rings. The van der Waals surface area contributed by atoms with Crippen molar-refractivity contribution in [2.45, 2.75) is 18.7 Å². The minimum Gasteiger partial charge on any atom is -0.490 e. The summed E-state index contributed by atoms with van der Waals surface area (Å²) in [5.74, 6) is -3.61. The van der Waals surface area contributed by atoms with Crippen molar-refractivity contribution < 1.29 is 46.8 Å². The Kier molecular flexibility index (Phi) is 6.62. The minimum atomic E-state index is -4.85. The number of ether oxygens (including phenoxy) is 1. The molecule has 158 valence electrons. The van der Waals surface area contributed by atoms with Gasteiger partial charge in [0.15, 0.2) is 17.2 Å². The van der Waals surface area contributed by atoms with Crippen molar-refractivity contribution in [1.82, 2.24) is 0 Å². The summed E-state index contributed by atoms with van der Waals surface area (Å²) in [5.41, 5.74) is -2.79. The van der Waals surface area contributed by atoms with Crippen LogP contribution in [-0.2, 0) is 16.0 Å². The predicted octanol–water partition coefficient (Wildman–Crippen LogP) is 3.57. The number of anilines is 2. The highest BCUT2D eigenvalue weighted by Crippen LogP contribution is 2.36. The average Bonchev–Trinajstić information content (AvgIpc) is 2.63. The van der Waals surface area contributed by atoms with E-state index in [0.29, 0.717) is 12.1 Å². The summed E-state index contributed by atoms with van der Waals surface area (Å²) < 4.78 is 70.3. The van der Waals surface area contributed by atoms with Crippen LogP contribution in [0.3, 0.4) is 0 Å². The van der Waals surface area contributed by atoms with Gasteiger partial charge >= 0.3 is 6.18 Å². The van der Waals surface area contributed by atoms with Crippen molar-refractivity contribution >= 4 is 17.3 Å². The van der Waals surface area contributed by atoms with Gasteiger partial charge in [-0.25, -0.2) is 19.5 Å². The molecule has 0 aliphatic heterocycles. The first kappa shape index (κ1) is 22.3. The lowest BCUT2D eigenvalue weighted by Gasteiger charge is -2.23. The molecule has 0 saturated carbocycles. The number of nitrogens with one attached hydrogen (secondary N) is 2. The highest BCUT2D eigenvalue weighted by Gasteiger charge is 2.35. The van der Waals surface area contributed by atoms with E-state index in [1.54, 1.807) is 5.48 Å². The molecule has 4 N–H and O–H groups in total. The van der Waals surface area contributed by atoms with Gasteiger partial charge in [0.2, 0.25) is 0 Å². The Labute approximate surface area is 160 Å². The number of hydrogen-bond donors (Lipinski definition) is 4. The first-order chi connectivity index (χ1) is 13.4. The molecule has 0 saturated heterocycles. The maximum atomic E-state index is 13.1. The second kappa shape index (κ2) is 8.59. The lowest BCUT2D eigenvalue weighted by atomic mass is 10.1. The van der Waals surface area contributed by atoms with E-state index in [9.17, 15) is 31.9 Å². The number of carbonyl (C=O) groups excluding carboxylic acids is 1. The van der Waals surface area contributed by atoms with Gasteiger partial charge in [0.05, 0.1) is 11.3 Å². The average molecular weight is 422 g/mol. The summed E-state index contributed by atoms with van der Waals surface area (Å²) in [7, 11) is 0. The Bertz CT molecular complexity index is 889. The Morgan fingerprint density at radius 1 is 1.10 bits per heavy atom. The quantitative estimate of drug-likeness (QED) is 0.309. The topological polar surface area (TPSA) is 100 Å². The van der Waals surface area contributed by atoms with E-state index in [1.165, 1.54) is 0 Å². The number of aliphatic hydroxyl groups is 1. The van der Waals surface area contributed by atoms with Crippen LogP contribution in [0, 0.1) is 11.6 Å². The van der Waals surface area contributed by atoms with E-state index in [4.69, 9.17) is 9.99 Å². The SMILES string of the molecule is C[C@](O)(COc1ccc(F)c(F)c1)C(=O)Nc1ccc(NOO)c(C(F)(F)F)c1. The fourth-order valence-electron chi connectivity index (χ4n) is 2.12. The van der Waals surface area contributed by atoms with Gasteiger partial charge in [0, 0.05) is 11.8 Å². The zero-order chi connectivity index (χ0) is 21.8. The van der Waals surface area contributed by atoms with Gasteiger partial charge in [-0.2, -0.15) is 13.2 Å². The molecule has 0 spiro atoms. The van der Waals surface area contributed by atoms with E-state index in [1.807, 2.05) is 0 Å². The summed E-state index contributed by atoms with van der Waals surface area (Å²) >= 11 is 0. The summed E-state index contributed by atoms with van der Waals surface area (Å²) in [5, 5.41) is 20.6. The van der Waals surface area contributed by atoms with Crippen LogP contribution in [0.25, 0.3) is 0 Å². The predicted molar refractivity (Wildman–Crippen MR) is 89.9 cm³/mol. The molecule has 1 atom stereocenters. The second-order valence-electron chi connectivity index (χ2n) is 6.04. The third-order valence-corrected chi connectivity index (χ3v) is 3.64. The van der Waals surface area contributed by atoms with Crippen molar-refractivity contribution in [1.29, 1.82) is 0 Å². The van der Waals surface area contributed by atoms with E-state index < -0.39 is 47.2 Å². The molecule has 0 heterocycles. The standard InChI is InChI=1S/C17H15F5N2O5/c1-16(26,8-28-10-3-4-12(18)13(19)7-10)15(25)23-9-2-5-14(24-29-27)11(6-9)17(20,21)22/h2-7,24,26-27H,8H2,1H3,(H,23,25)/t16-/m0/s1. The van der Waals surface area contributed by atoms with Crippen molar-refractivity contribution in [2.24, 2.45) is 0 Å². The van der Waals surface area contributed by atoms with E-state index >= 15 is 0 Å². The molecule has 2 rings (SSSR count). The highest BCUT2D eigenvalue weighted by atomic mass is 19.4. The van der Waals surface area contributed by atoms with Crippen LogP contribution >= 0.6 is 0 Å². The van der Waals surface area contributed by atoms with Gasteiger partial charge in [-0.1, -0.05) is 0 Å². The monoisotopic (exact) mass is 422 g/mol. The molecule has 2 aromatic rings. The zero-order valence-corrected chi connectivity index (χ0v) is 14.7. The van der Waals surface area contributed by atoms with E-state index in [-0.39, 0.29) is 11.4 Å². The van der Waals surface area contributed by atoms with Gasteiger partial charge in [0.25, 0.3) is 5.91 Å². The lowest BCUT2D eigenvalue weighted by Crippen LogP contribution is -2.45. The fraction of sp³-hybridized carbons (Fsp3) is 0.235. The van der Waals surface area contributed by atoms with Gasteiger partial charge in [-0.05, 0) is 37.3 Å². The summed E-state index contributed by atoms with van der Waals surface area (Å²) in [4.78, 5) is 15.7. The van der Waals surface area contributed by atoms with Crippen LogP contribution in [0.4, 0.5) is 33.3 Å². The summed E-state index contributed by atoms with van der Waals surface area (Å²) in [6.45, 7) is 0.316. The Balaban J connectivity index is 2.12. The molecule has 29 heavy (non-hydrogen) atoms. The fourth-order valence-corrected chi connectivity index (χ4v) is 2.12. The number of alkyl halides is 3. The number of benzene rings is 2. The maximum Gasteiger partial charge on any atom is 0.418 e. The zero-order valence-electron chi connectivity index (χ0n) is 14.7. The van der Waals surface area contributed by atoms with Crippen LogP contribution in [-0.4, -0.2) is 28.5 Å². The molecule has 2 aromatic carbocycles. The molecule has 0 aliphatic rings. The van der Waals surface area contributed by atoms with Crippen LogP contribution in [0.1, 0.15) is 12.5 Å². The first-order valence-corrected chi connectivity index (χ1v) is 7.83. The van der Waals surface area contributed by atoms with Crippen molar-refractivity contribution in [2.75, 3.05) is 17.4 Å². The number of hydrogen-bond acceptors (Lipinski definition) is 6. The highest BCUT2D eigenvalue weighted by molar-refractivity contribution is 5.97.